The van der Waals surface area contributed by atoms with Crippen LogP contribution in [0.1, 0.15) is 41.6 Å². The van der Waals surface area contributed by atoms with Crippen LogP contribution in [0.15, 0.2) is 36.5 Å². The SMILES string of the molecule is Cc1cccnc1NCCNC(=O)c1cc(F)cc(NC(=O)C2CCCC2)c1. The maximum atomic E-state index is 13.9. The van der Waals surface area contributed by atoms with Crippen molar-refractivity contribution >= 4 is 23.3 Å². The lowest BCUT2D eigenvalue weighted by Crippen LogP contribution is -2.29. The fraction of sp³-hybridized carbons (Fsp3) is 0.381. The molecule has 1 saturated carbocycles. The van der Waals surface area contributed by atoms with E-state index >= 15 is 0 Å². The number of nitrogens with one attached hydrogen (secondary N) is 3. The summed E-state index contributed by atoms with van der Waals surface area (Å²) in [5.74, 6) is -0.322. The molecule has 0 atom stereocenters. The predicted octanol–water partition coefficient (Wildman–Crippen LogP) is 3.50. The number of carbonyl (C=O) groups excluding carboxylic acids is 2. The Hall–Kier alpha value is -2.96. The second-order valence-electron chi connectivity index (χ2n) is 7.05. The summed E-state index contributed by atoms with van der Waals surface area (Å²) in [5.41, 5.74) is 1.50. The molecule has 3 rings (SSSR count). The summed E-state index contributed by atoms with van der Waals surface area (Å²) >= 11 is 0. The lowest BCUT2D eigenvalue weighted by atomic mass is 10.1. The number of hydrogen-bond acceptors (Lipinski definition) is 4. The van der Waals surface area contributed by atoms with Gasteiger partial charge in [0.15, 0.2) is 0 Å². The van der Waals surface area contributed by atoms with Gasteiger partial charge in [0.25, 0.3) is 5.91 Å². The van der Waals surface area contributed by atoms with Gasteiger partial charge in [0.2, 0.25) is 5.91 Å². The van der Waals surface area contributed by atoms with Crippen molar-refractivity contribution in [3.8, 4) is 0 Å². The molecule has 0 bridgehead atoms. The van der Waals surface area contributed by atoms with Gasteiger partial charge in [0.05, 0.1) is 0 Å². The number of aryl methyl sites for hydroxylation is 1. The molecule has 6 nitrogen and oxygen atoms in total. The molecule has 1 aromatic heterocycles. The van der Waals surface area contributed by atoms with Gasteiger partial charge in [-0.3, -0.25) is 9.59 Å². The summed E-state index contributed by atoms with van der Waals surface area (Å²) in [6.45, 7) is 2.79. The lowest BCUT2D eigenvalue weighted by molar-refractivity contribution is -0.119. The Labute approximate surface area is 163 Å². The number of aromatic nitrogens is 1. The monoisotopic (exact) mass is 384 g/mol. The van der Waals surface area contributed by atoms with Crippen LogP contribution in [-0.2, 0) is 4.79 Å². The van der Waals surface area contributed by atoms with Gasteiger partial charge in [0.1, 0.15) is 11.6 Å². The van der Waals surface area contributed by atoms with Crippen molar-refractivity contribution in [3.63, 3.8) is 0 Å². The van der Waals surface area contributed by atoms with Crippen LogP contribution in [0.4, 0.5) is 15.9 Å². The Morgan fingerprint density at radius 2 is 1.96 bits per heavy atom. The molecule has 0 radical (unpaired) electrons. The average Bonchev–Trinajstić information content (AvgIpc) is 3.21. The normalized spacial score (nSPS) is 13.9. The molecule has 148 valence electrons. The Morgan fingerprint density at radius 1 is 1.18 bits per heavy atom. The molecule has 2 amide bonds. The largest absolute Gasteiger partial charge is 0.368 e. The molecule has 28 heavy (non-hydrogen) atoms. The third kappa shape index (κ3) is 5.28. The summed E-state index contributed by atoms with van der Waals surface area (Å²) in [7, 11) is 0. The van der Waals surface area contributed by atoms with Crippen LogP contribution in [0.2, 0.25) is 0 Å². The minimum absolute atomic E-state index is 0.0262. The van der Waals surface area contributed by atoms with Gasteiger partial charge in [-0.15, -0.1) is 0 Å². The number of pyridine rings is 1. The molecule has 2 aromatic rings. The van der Waals surface area contributed by atoms with E-state index in [4.69, 9.17) is 0 Å². The van der Waals surface area contributed by atoms with Gasteiger partial charge in [-0.25, -0.2) is 9.37 Å². The molecule has 1 aliphatic rings. The minimum Gasteiger partial charge on any atom is -0.368 e. The first-order valence-corrected chi connectivity index (χ1v) is 9.58. The van der Waals surface area contributed by atoms with Crippen molar-refractivity contribution in [3.05, 3.63) is 53.5 Å². The van der Waals surface area contributed by atoms with E-state index in [2.05, 4.69) is 20.9 Å². The van der Waals surface area contributed by atoms with Gasteiger partial charge in [0, 0.05) is 36.5 Å². The molecular formula is C21H25FN4O2. The smallest absolute Gasteiger partial charge is 0.251 e. The Morgan fingerprint density at radius 3 is 2.71 bits per heavy atom. The lowest BCUT2D eigenvalue weighted by Gasteiger charge is -2.12. The Kier molecular flexibility index (Phi) is 6.57. The van der Waals surface area contributed by atoms with Crippen molar-refractivity contribution in [2.45, 2.75) is 32.6 Å². The molecule has 0 spiro atoms. The molecule has 3 N–H and O–H groups in total. The summed E-state index contributed by atoms with van der Waals surface area (Å²) in [4.78, 5) is 28.8. The van der Waals surface area contributed by atoms with Gasteiger partial charge in [-0.1, -0.05) is 18.9 Å². The van der Waals surface area contributed by atoms with Crippen molar-refractivity contribution in [1.82, 2.24) is 10.3 Å². The number of amides is 2. The first-order valence-electron chi connectivity index (χ1n) is 9.58. The number of hydrogen-bond donors (Lipinski definition) is 3. The molecule has 1 heterocycles. The molecule has 1 aliphatic carbocycles. The highest BCUT2D eigenvalue weighted by molar-refractivity contribution is 5.97. The number of benzene rings is 1. The number of carbonyl (C=O) groups is 2. The molecule has 0 aliphatic heterocycles. The van der Waals surface area contributed by atoms with E-state index in [-0.39, 0.29) is 17.4 Å². The van der Waals surface area contributed by atoms with Crippen molar-refractivity contribution in [2.75, 3.05) is 23.7 Å². The van der Waals surface area contributed by atoms with Crippen molar-refractivity contribution in [1.29, 1.82) is 0 Å². The third-order valence-electron chi connectivity index (χ3n) is 4.87. The second-order valence-corrected chi connectivity index (χ2v) is 7.05. The van der Waals surface area contributed by atoms with E-state index in [1.165, 1.54) is 12.1 Å². The number of nitrogens with zero attached hydrogens (tertiary/aromatic N) is 1. The van der Waals surface area contributed by atoms with Crippen molar-refractivity contribution < 1.29 is 14.0 Å². The highest BCUT2D eigenvalue weighted by atomic mass is 19.1. The molecule has 7 heteroatoms. The van der Waals surface area contributed by atoms with Crippen LogP contribution in [0, 0.1) is 18.7 Å². The zero-order valence-corrected chi connectivity index (χ0v) is 15.9. The van der Waals surface area contributed by atoms with Crippen LogP contribution in [0.3, 0.4) is 0 Å². The minimum atomic E-state index is -0.559. The maximum absolute atomic E-state index is 13.9. The van der Waals surface area contributed by atoms with E-state index in [0.717, 1.165) is 43.1 Å². The van der Waals surface area contributed by atoms with Crippen LogP contribution in [-0.4, -0.2) is 29.9 Å². The van der Waals surface area contributed by atoms with Gasteiger partial charge in [-0.2, -0.15) is 0 Å². The van der Waals surface area contributed by atoms with Crippen molar-refractivity contribution in [2.24, 2.45) is 5.92 Å². The standard InChI is InChI=1S/C21H25FN4O2/c1-14-5-4-8-23-19(14)24-9-10-25-20(27)16-11-17(22)13-18(12-16)26-21(28)15-6-2-3-7-15/h4-5,8,11-13,15H,2-3,6-7,9-10H2,1H3,(H,23,24)(H,25,27)(H,26,28). The summed E-state index contributed by atoms with van der Waals surface area (Å²) < 4.78 is 13.9. The van der Waals surface area contributed by atoms with Crippen LogP contribution in [0.25, 0.3) is 0 Å². The predicted molar refractivity (Wildman–Crippen MR) is 107 cm³/mol. The average molecular weight is 384 g/mol. The maximum Gasteiger partial charge on any atom is 0.251 e. The third-order valence-corrected chi connectivity index (χ3v) is 4.87. The molecule has 0 unspecified atom stereocenters. The Balaban J connectivity index is 1.53. The van der Waals surface area contributed by atoms with E-state index in [0.29, 0.717) is 18.8 Å². The summed E-state index contributed by atoms with van der Waals surface area (Å²) in [5, 5.41) is 8.62. The topological polar surface area (TPSA) is 83.1 Å². The van der Waals surface area contributed by atoms with E-state index in [1.54, 1.807) is 6.20 Å². The number of rotatable bonds is 7. The van der Waals surface area contributed by atoms with Gasteiger partial charge >= 0.3 is 0 Å². The molecule has 1 fully saturated rings. The number of anilines is 2. The highest BCUT2D eigenvalue weighted by Gasteiger charge is 2.23. The van der Waals surface area contributed by atoms with E-state index in [9.17, 15) is 14.0 Å². The molecule has 0 saturated heterocycles. The number of halogens is 1. The van der Waals surface area contributed by atoms with Crippen LogP contribution in [0.5, 0.6) is 0 Å². The first-order chi connectivity index (χ1) is 13.5. The van der Waals surface area contributed by atoms with Crippen LogP contribution >= 0.6 is 0 Å². The second kappa shape index (κ2) is 9.30. The van der Waals surface area contributed by atoms with Crippen LogP contribution < -0.4 is 16.0 Å². The zero-order valence-electron chi connectivity index (χ0n) is 15.9. The fourth-order valence-electron chi connectivity index (χ4n) is 3.35. The van der Waals surface area contributed by atoms with Gasteiger partial charge < -0.3 is 16.0 Å². The molecular weight excluding hydrogens is 359 g/mol. The highest BCUT2D eigenvalue weighted by Crippen LogP contribution is 2.26. The Bertz CT molecular complexity index is 850. The van der Waals surface area contributed by atoms with E-state index < -0.39 is 11.7 Å². The molecule has 1 aromatic carbocycles. The quantitative estimate of drug-likeness (QED) is 0.638. The fourth-order valence-corrected chi connectivity index (χ4v) is 3.35. The summed E-state index contributed by atoms with van der Waals surface area (Å²) in [6, 6.07) is 7.70. The van der Waals surface area contributed by atoms with Gasteiger partial charge in [-0.05, 0) is 49.6 Å². The summed E-state index contributed by atoms with van der Waals surface area (Å²) in [6.07, 6.45) is 5.50. The first kappa shape index (κ1) is 19.8. The zero-order chi connectivity index (χ0) is 19.9. The van der Waals surface area contributed by atoms with E-state index in [1.807, 2.05) is 19.1 Å².